The Kier molecular flexibility index (Phi) is 6.45. The summed E-state index contributed by atoms with van der Waals surface area (Å²) in [6.07, 6.45) is 8.86. The average molecular weight is 450 g/mol. The number of aryl methyl sites for hydroxylation is 6. The van der Waals surface area contributed by atoms with E-state index in [1.807, 2.05) is 0 Å². The van der Waals surface area contributed by atoms with Gasteiger partial charge in [-0.05, 0) is 112 Å². The predicted octanol–water partition coefficient (Wildman–Crippen LogP) is 8.01. The van der Waals surface area contributed by atoms with Gasteiger partial charge in [0.25, 0.3) is 0 Å². The van der Waals surface area contributed by atoms with Gasteiger partial charge in [-0.2, -0.15) is 0 Å². The molecule has 3 heteroatoms. The number of aliphatic imine (C=N–C) groups is 2. The van der Waals surface area contributed by atoms with E-state index >= 15 is 0 Å². The largest absolute Gasteiger partial charge is 0.251 e. The first kappa shape index (κ1) is 22.7. The van der Waals surface area contributed by atoms with Crippen molar-refractivity contribution in [3.8, 4) is 0 Å². The highest BCUT2D eigenvalue weighted by Gasteiger charge is 2.23. The monoisotopic (exact) mass is 449 g/mol. The van der Waals surface area contributed by atoms with Gasteiger partial charge in [-0.15, -0.1) is 0 Å². The van der Waals surface area contributed by atoms with E-state index in [0.717, 1.165) is 72.7 Å². The summed E-state index contributed by atoms with van der Waals surface area (Å²) in [7, 11) is 0. The first-order valence-electron chi connectivity index (χ1n) is 12.8. The fourth-order valence-corrected chi connectivity index (χ4v) is 5.39. The van der Waals surface area contributed by atoms with Gasteiger partial charge in [0, 0.05) is 0 Å². The molecule has 0 spiro atoms. The van der Waals surface area contributed by atoms with Gasteiger partial charge in [-0.3, -0.25) is 9.98 Å². The normalized spacial score (nSPS) is 18.4. The highest BCUT2D eigenvalue weighted by molar-refractivity contribution is 6.06. The SMILES string of the molecule is Cc1cccc(C)c1N=C1CCCCc2cc3c(nc21)C(=Nc1c(C)cccc1C)CCCC3. The zero-order valence-electron chi connectivity index (χ0n) is 21.0. The fraction of sp³-hybridized carbons (Fsp3) is 0.387. The molecule has 2 aliphatic rings. The second kappa shape index (κ2) is 9.66. The molecule has 1 heterocycles. The molecule has 0 radical (unpaired) electrons. The van der Waals surface area contributed by atoms with Crippen LogP contribution in [0.15, 0.2) is 52.4 Å². The van der Waals surface area contributed by atoms with E-state index in [2.05, 4.69) is 70.2 Å². The van der Waals surface area contributed by atoms with Gasteiger partial charge in [0.2, 0.25) is 0 Å². The summed E-state index contributed by atoms with van der Waals surface area (Å²) in [6.45, 7) is 8.63. The van der Waals surface area contributed by atoms with Crippen molar-refractivity contribution in [3.05, 3.63) is 87.2 Å². The van der Waals surface area contributed by atoms with Crippen LogP contribution in [-0.4, -0.2) is 16.4 Å². The highest BCUT2D eigenvalue weighted by atomic mass is 14.9. The summed E-state index contributed by atoms with van der Waals surface area (Å²) in [5.41, 5.74) is 14.4. The summed E-state index contributed by atoms with van der Waals surface area (Å²) < 4.78 is 0. The lowest BCUT2D eigenvalue weighted by Gasteiger charge is -2.16. The molecule has 5 rings (SSSR count). The van der Waals surface area contributed by atoms with Crippen LogP contribution in [0.4, 0.5) is 11.4 Å². The Hall–Kier alpha value is -3.07. The molecule has 34 heavy (non-hydrogen) atoms. The Morgan fingerprint density at radius 2 is 0.941 bits per heavy atom. The molecule has 0 saturated heterocycles. The standard InChI is InChI=1S/C31H35N3/c1-20-11-9-12-21(2)28(20)32-26-17-7-5-15-24-19-25-16-6-8-18-27(31(25)34-30(24)26)33-29-22(3)13-10-14-23(29)4/h9-14,19H,5-8,15-18H2,1-4H3. The van der Waals surface area contributed by atoms with E-state index in [1.165, 1.54) is 46.2 Å². The van der Waals surface area contributed by atoms with Gasteiger partial charge in [0.15, 0.2) is 0 Å². The van der Waals surface area contributed by atoms with E-state index < -0.39 is 0 Å². The number of pyridine rings is 1. The van der Waals surface area contributed by atoms with E-state index in [-0.39, 0.29) is 0 Å². The van der Waals surface area contributed by atoms with Gasteiger partial charge >= 0.3 is 0 Å². The van der Waals surface area contributed by atoms with Gasteiger partial charge < -0.3 is 0 Å². The molecule has 2 aliphatic carbocycles. The Morgan fingerprint density at radius 1 is 0.559 bits per heavy atom. The molecule has 3 aromatic rings. The maximum atomic E-state index is 5.39. The van der Waals surface area contributed by atoms with Crippen molar-refractivity contribution in [1.82, 2.24) is 4.98 Å². The molecule has 0 bridgehead atoms. The Labute approximate surface area is 204 Å². The molecule has 0 fully saturated rings. The predicted molar refractivity (Wildman–Crippen MR) is 144 cm³/mol. The molecule has 1 aromatic heterocycles. The van der Waals surface area contributed by atoms with E-state index in [0.29, 0.717) is 0 Å². The van der Waals surface area contributed by atoms with Gasteiger partial charge in [0.05, 0.1) is 34.2 Å². The molecule has 174 valence electrons. The summed E-state index contributed by atoms with van der Waals surface area (Å²) >= 11 is 0. The molecule has 0 unspecified atom stereocenters. The summed E-state index contributed by atoms with van der Waals surface area (Å²) in [4.78, 5) is 15.9. The third-order valence-electron chi connectivity index (χ3n) is 7.32. The van der Waals surface area contributed by atoms with Crippen molar-refractivity contribution in [3.63, 3.8) is 0 Å². The van der Waals surface area contributed by atoms with Crippen molar-refractivity contribution in [1.29, 1.82) is 0 Å². The lowest BCUT2D eigenvalue weighted by atomic mass is 9.99. The second-order valence-electron chi connectivity index (χ2n) is 10.0. The number of rotatable bonds is 2. The molecule has 0 atom stereocenters. The summed E-state index contributed by atoms with van der Waals surface area (Å²) in [5.74, 6) is 0. The molecule has 2 aromatic carbocycles. The van der Waals surface area contributed by atoms with E-state index in [4.69, 9.17) is 15.0 Å². The smallest absolute Gasteiger partial charge is 0.0884 e. The third-order valence-corrected chi connectivity index (χ3v) is 7.32. The minimum absolute atomic E-state index is 0.982. The number of fused-ring (bicyclic) bond motifs is 2. The molecule has 0 amide bonds. The number of hydrogen-bond donors (Lipinski definition) is 0. The second-order valence-corrected chi connectivity index (χ2v) is 10.0. The maximum Gasteiger partial charge on any atom is 0.0884 e. The maximum absolute atomic E-state index is 5.39. The zero-order valence-corrected chi connectivity index (χ0v) is 21.0. The zero-order chi connectivity index (χ0) is 23.7. The van der Waals surface area contributed by atoms with Crippen molar-refractivity contribution in [2.45, 2.75) is 79.1 Å². The number of nitrogens with zero attached hydrogens (tertiary/aromatic N) is 3. The van der Waals surface area contributed by atoms with Gasteiger partial charge in [-0.1, -0.05) is 42.5 Å². The Morgan fingerprint density at radius 3 is 1.35 bits per heavy atom. The van der Waals surface area contributed by atoms with Crippen LogP contribution < -0.4 is 0 Å². The van der Waals surface area contributed by atoms with E-state index in [1.54, 1.807) is 0 Å². The van der Waals surface area contributed by atoms with Crippen molar-refractivity contribution < 1.29 is 0 Å². The molecular formula is C31H35N3. The minimum Gasteiger partial charge on any atom is -0.251 e. The van der Waals surface area contributed by atoms with Crippen molar-refractivity contribution in [2.75, 3.05) is 0 Å². The van der Waals surface area contributed by atoms with Crippen LogP contribution in [0.3, 0.4) is 0 Å². The van der Waals surface area contributed by atoms with Crippen molar-refractivity contribution in [2.24, 2.45) is 9.98 Å². The number of aromatic nitrogens is 1. The molecule has 0 saturated carbocycles. The van der Waals surface area contributed by atoms with Crippen LogP contribution in [-0.2, 0) is 12.8 Å². The van der Waals surface area contributed by atoms with Crippen LogP contribution in [0.5, 0.6) is 0 Å². The minimum atomic E-state index is 0.982. The first-order chi connectivity index (χ1) is 16.5. The highest BCUT2D eigenvalue weighted by Crippen LogP contribution is 2.32. The van der Waals surface area contributed by atoms with Crippen LogP contribution in [0.1, 0.15) is 83.3 Å². The lowest BCUT2D eigenvalue weighted by molar-refractivity contribution is 0.765. The van der Waals surface area contributed by atoms with Crippen LogP contribution >= 0.6 is 0 Å². The topological polar surface area (TPSA) is 37.6 Å². The Bertz CT molecular complexity index is 1160. The summed E-state index contributed by atoms with van der Waals surface area (Å²) in [5, 5.41) is 0. The van der Waals surface area contributed by atoms with Gasteiger partial charge in [0.1, 0.15) is 0 Å². The summed E-state index contributed by atoms with van der Waals surface area (Å²) in [6, 6.07) is 15.3. The van der Waals surface area contributed by atoms with Crippen LogP contribution in [0, 0.1) is 27.7 Å². The number of hydrogen-bond acceptors (Lipinski definition) is 3. The van der Waals surface area contributed by atoms with Gasteiger partial charge in [-0.25, -0.2) is 4.98 Å². The Balaban J connectivity index is 1.68. The lowest BCUT2D eigenvalue weighted by Crippen LogP contribution is -2.13. The van der Waals surface area contributed by atoms with Crippen molar-refractivity contribution >= 4 is 22.8 Å². The van der Waals surface area contributed by atoms with Crippen LogP contribution in [0.2, 0.25) is 0 Å². The van der Waals surface area contributed by atoms with Crippen LogP contribution in [0.25, 0.3) is 0 Å². The average Bonchev–Trinajstić information content (AvgIpc) is 3.13. The molecule has 3 nitrogen and oxygen atoms in total. The quantitative estimate of drug-likeness (QED) is 0.365. The molecular weight excluding hydrogens is 414 g/mol. The third kappa shape index (κ3) is 4.49. The van der Waals surface area contributed by atoms with E-state index in [9.17, 15) is 0 Å². The number of para-hydroxylation sites is 2. The first-order valence-corrected chi connectivity index (χ1v) is 12.8. The molecule has 0 N–H and O–H groups in total. The molecule has 0 aliphatic heterocycles. The fourth-order valence-electron chi connectivity index (χ4n) is 5.39. The number of benzene rings is 2.